The van der Waals surface area contributed by atoms with E-state index in [0.29, 0.717) is 5.41 Å². The second-order valence-electron chi connectivity index (χ2n) is 6.65. The van der Waals surface area contributed by atoms with Crippen LogP contribution in [0.5, 0.6) is 0 Å². The van der Waals surface area contributed by atoms with Gasteiger partial charge in [0.15, 0.2) is 0 Å². The summed E-state index contributed by atoms with van der Waals surface area (Å²) in [6.07, 6.45) is 7.44. The van der Waals surface area contributed by atoms with Crippen LogP contribution in [0.25, 0.3) is 0 Å². The molecule has 1 heteroatoms. The lowest BCUT2D eigenvalue weighted by Crippen LogP contribution is -2.35. The fourth-order valence-corrected chi connectivity index (χ4v) is 3.78. The van der Waals surface area contributed by atoms with Crippen molar-refractivity contribution in [2.24, 2.45) is 34.8 Å². The SMILES string of the molecule is CC(C)C(C)(CN)CC1CC2CCC1C2. The van der Waals surface area contributed by atoms with Gasteiger partial charge in [-0.15, -0.1) is 0 Å². The molecule has 0 saturated heterocycles. The Morgan fingerprint density at radius 1 is 1.27 bits per heavy atom. The van der Waals surface area contributed by atoms with Gasteiger partial charge in [-0.1, -0.05) is 27.2 Å². The summed E-state index contributed by atoms with van der Waals surface area (Å²) in [4.78, 5) is 0. The first kappa shape index (κ1) is 11.4. The van der Waals surface area contributed by atoms with Gasteiger partial charge in [-0.2, -0.15) is 0 Å². The molecule has 0 radical (unpaired) electrons. The molecule has 0 aromatic heterocycles. The molecule has 0 spiro atoms. The molecule has 15 heavy (non-hydrogen) atoms. The molecule has 0 aromatic rings. The number of hydrogen-bond acceptors (Lipinski definition) is 1. The fourth-order valence-electron chi connectivity index (χ4n) is 3.78. The Morgan fingerprint density at radius 2 is 2.00 bits per heavy atom. The quantitative estimate of drug-likeness (QED) is 0.754. The minimum Gasteiger partial charge on any atom is -0.330 e. The first-order valence-corrected chi connectivity index (χ1v) is 6.75. The van der Waals surface area contributed by atoms with Gasteiger partial charge in [-0.05, 0) is 61.3 Å². The maximum atomic E-state index is 5.98. The molecule has 2 aliphatic rings. The van der Waals surface area contributed by atoms with Crippen molar-refractivity contribution in [1.29, 1.82) is 0 Å². The monoisotopic (exact) mass is 209 g/mol. The Morgan fingerprint density at radius 3 is 2.40 bits per heavy atom. The van der Waals surface area contributed by atoms with Crippen molar-refractivity contribution in [3.63, 3.8) is 0 Å². The fraction of sp³-hybridized carbons (Fsp3) is 1.00. The summed E-state index contributed by atoms with van der Waals surface area (Å²) < 4.78 is 0. The molecule has 0 amide bonds. The van der Waals surface area contributed by atoms with Crippen molar-refractivity contribution in [1.82, 2.24) is 0 Å². The van der Waals surface area contributed by atoms with Crippen LogP contribution < -0.4 is 5.73 Å². The first-order valence-electron chi connectivity index (χ1n) is 6.75. The van der Waals surface area contributed by atoms with E-state index in [-0.39, 0.29) is 0 Å². The van der Waals surface area contributed by atoms with E-state index in [2.05, 4.69) is 20.8 Å². The summed E-state index contributed by atoms with van der Waals surface area (Å²) >= 11 is 0. The third kappa shape index (κ3) is 2.08. The molecule has 0 aromatic carbocycles. The zero-order valence-electron chi connectivity index (χ0n) is 10.6. The summed E-state index contributed by atoms with van der Waals surface area (Å²) in [6, 6.07) is 0. The van der Waals surface area contributed by atoms with E-state index in [0.717, 1.165) is 30.2 Å². The molecule has 2 N–H and O–H groups in total. The van der Waals surface area contributed by atoms with Gasteiger partial charge < -0.3 is 5.73 Å². The van der Waals surface area contributed by atoms with E-state index in [9.17, 15) is 0 Å². The van der Waals surface area contributed by atoms with Gasteiger partial charge in [0.2, 0.25) is 0 Å². The van der Waals surface area contributed by atoms with Crippen molar-refractivity contribution in [2.45, 2.75) is 52.9 Å². The minimum absolute atomic E-state index is 0.384. The summed E-state index contributed by atoms with van der Waals surface area (Å²) in [7, 11) is 0. The molecule has 2 saturated carbocycles. The minimum atomic E-state index is 0.384. The predicted octanol–water partition coefficient (Wildman–Crippen LogP) is 3.43. The molecule has 4 unspecified atom stereocenters. The summed E-state index contributed by atoms with van der Waals surface area (Å²) in [5, 5.41) is 0. The highest BCUT2D eigenvalue weighted by Gasteiger charge is 2.42. The van der Waals surface area contributed by atoms with Gasteiger partial charge >= 0.3 is 0 Å². The van der Waals surface area contributed by atoms with E-state index in [1.807, 2.05) is 0 Å². The Kier molecular flexibility index (Phi) is 3.12. The summed E-state index contributed by atoms with van der Waals surface area (Å²) in [6.45, 7) is 7.92. The van der Waals surface area contributed by atoms with Crippen LogP contribution in [0, 0.1) is 29.1 Å². The maximum absolute atomic E-state index is 5.98. The van der Waals surface area contributed by atoms with Gasteiger partial charge in [0.1, 0.15) is 0 Å². The Bertz CT molecular complexity index is 223. The highest BCUT2D eigenvalue weighted by molar-refractivity contribution is 4.93. The zero-order valence-corrected chi connectivity index (χ0v) is 10.6. The smallest absolute Gasteiger partial charge is 0.00206 e. The van der Waals surface area contributed by atoms with Gasteiger partial charge in [-0.3, -0.25) is 0 Å². The molecule has 4 atom stereocenters. The van der Waals surface area contributed by atoms with Crippen LogP contribution in [-0.2, 0) is 0 Å². The molecule has 2 bridgehead atoms. The van der Waals surface area contributed by atoms with Crippen LogP contribution in [0.15, 0.2) is 0 Å². The van der Waals surface area contributed by atoms with E-state index in [1.54, 1.807) is 0 Å². The van der Waals surface area contributed by atoms with E-state index in [4.69, 9.17) is 5.73 Å². The summed E-state index contributed by atoms with van der Waals surface area (Å²) in [5.74, 6) is 3.86. The Labute approximate surface area is 94.8 Å². The molecule has 2 rings (SSSR count). The average Bonchev–Trinajstić information content (AvgIpc) is 2.78. The number of rotatable bonds is 4. The van der Waals surface area contributed by atoms with Crippen molar-refractivity contribution < 1.29 is 0 Å². The molecule has 2 fully saturated rings. The lowest BCUT2D eigenvalue weighted by atomic mass is 9.69. The van der Waals surface area contributed by atoms with Crippen LogP contribution >= 0.6 is 0 Å². The van der Waals surface area contributed by atoms with E-state index < -0.39 is 0 Å². The molecule has 0 aliphatic heterocycles. The maximum Gasteiger partial charge on any atom is -0.00206 e. The number of fused-ring (bicyclic) bond motifs is 2. The van der Waals surface area contributed by atoms with E-state index >= 15 is 0 Å². The molecule has 2 aliphatic carbocycles. The van der Waals surface area contributed by atoms with Gasteiger partial charge in [0.05, 0.1) is 0 Å². The largest absolute Gasteiger partial charge is 0.330 e. The standard InChI is InChI=1S/C14H27N/c1-10(2)14(3,9-15)8-13-7-11-4-5-12(13)6-11/h10-13H,4-9,15H2,1-3H3. The third-order valence-electron chi connectivity index (χ3n) is 5.47. The molecular formula is C14H27N. The van der Waals surface area contributed by atoms with Crippen LogP contribution in [0.1, 0.15) is 52.9 Å². The van der Waals surface area contributed by atoms with Crippen molar-refractivity contribution in [2.75, 3.05) is 6.54 Å². The Balaban J connectivity index is 1.96. The lowest BCUT2D eigenvalue weighted by Gasteiger charge is -2.37. The van der Waals surface area contributed by atoms with Crippen molar-refractivity contribution in [3.8, 4) is 0 Å². The highest BCUT2D eigenvalue weighted by atomic mass is 14.6. The lowest BCUT2D eigenvalue weighted by molar-refractivity contribution is 0.142. The number of hydrogen-bond donors (Lipinski definition) is 1. The zero-order chi connectivity index (χ0) is 11.1. The first-order chi connectivity index (χ1) is 7.05. The van der Waals surface area contributed by atoms with Crippen molar-refractivity contribution in [3.05, 3.63) is 0 Å². The van der Waals surface area contributed by atoms with Crippen LogP contribution in [0.4, 0.5) is 0 Å². The van der Waals surface area contributed by atoms with Crippen LogP contribution in [0.2, 0.25) is 0 Å². The third-order valence-corrected chi connectivity index (χ3v) is 5.47. The van der Waals surface area contributed by atoms with Gasteiger partial charge in [0.25, 0.3) is 0 Å². The molecule has 0 heterocycles. The normalized spacial score (nSPS) is 38.6. The average molecular weight is 209 g/mol. The molecule has 1 nitrogen and oxygen atoms in total. The second kappa shape index (κ2) is 4.08. The van der Waals surface area contributed by atoms with Crippen molar-refractivity contribution >= 4 is 0 Å². The second-order valence-corrected chi connectivity index (χ2v) is 6.65. The van der Waals surface area contributed by atoms with Gasteiger partial charge in [-0.25, -0.2) is 0 Å². The van der Waals surface area contributed by atoms with Crippen LogP contribution in [-0.4, -0.2) is 6.54 Å². The Hall–Kier alpha value is -0.0400. The molecular weight excluding hydrogens is 182 g/mol. The molecule has 88 valence electrons. The predicted molar refractivity (Wildman–Crippen MR) is 65.6 cm³/mol. The van der Waals surface area contributed by atoms with Crippen LogP contribution in [0.3, 0.4) is 0 Å². The van der Waals surface area contributed by atoms with Gasteiger partial charge in [0, 0.05) is 0 Å². The summed E-state index contributed by atoms with van der Waals surface area (Å²) in [5.41, 5.74) is 6.37. The topological polar surface area (TPSA) is 26.0 Å². The highest BCUT2D eigenvalue weighted by Crippen LogP contribution is 2.52. The number of nitrogens with two attached hydrogens (primary N) is 1. The van der Waals surface area contributed by atoms with E-state index in [1.165, 1.54) is 32.1 Å².